The second-order valence-electron chi connectivity index (χ2n) is 4.54. The van der Waals surface area contributed by atoms with Gasteiger partial charge in [0.1, 0.15) is 0 Å². The van der Waals surface area contributed by atoms with Gasteiger partial charge in [-0.15, -0.1) is 0 Å². The minimum absolute atomic E-state index is 0.490. The number of aryl methyl sites for hydroxylation is 3. The monoisotopic (exact) mass is 230 g/mol. The molecule has 2 N–H and O–H groups in total. The molecule has 1 atom stereocenters. The standard InChI is InChI=1S/C14H18N2O/c1-9-4-5-12(6-10(9)2)14(17)7-13-11(3)15-8-16-13/h4-6,8,14,17H,7H2,1-3H3,(H,15,16). The van der Waals surface area contributed by atoms with Crippen molar-refractivity contribution in [3.05, 3.63) is 52.6 Å². The lowest BCUT2D eigenvalue weighted by Crippen LogP contribution is -2.04. The number of nitrogens with zero attached hydrogens (tertiary/aromatic N) is 1. The fourth-order valence-corrected chi connectivity index (χ4v) is 1.87. The van der Waals surface area contributed by atoms with Gasteiger partial charge >= 0.3 is 0 Å². The molecule has 1 aromatic carbocycles. The van der Waals surface area contributed by atoms with Crippen molar-refractivity contribution < 1.29 is 5.11 Å². The van der Waals surface area contributed by atoms with Gasteiger partial charge in [0.15, 0.2) is 0 Å². The van der Waals surface area contributed by atoms with E-state index >= 15 is 0 Å². The molecule has 0 fully saturated rings. The van der Waals surface area contributed by atoms with Crippen LogP contribution in [0.25, 0.3) is 0 Å². The van der Waals surface area contributed by atoms with Gasteiger partial charge in [-0.25, -0.2) is 4.98 Å². The van der Waals surface area contributed by atoms with Crippen LogP contribution in [-0.2, 0) is 6.42 Å². The van der Waals surface area contributed by atoms with E-state index in [-0.39, 0.29) is 0 Å². The maximum absolute atomic E-state index is 10.2. The van der Waals surface area contributed by atoms with Crippen molar-refractivity contribution >= 4 is 0 Å². The number of rotatable bonds is 3. The maximum atomic E-state index is 10.2. The predicted molar refractivity (Wildman–Crippen MR) is 67.9 cm³/mol. The summed E-state index contributed by atoms with van der Waals surface area (Å²) in [4.78, 5) is 7.23. The van der Waals surface area contributed by atoms with E-state index in [1.165, 1.54) is 11.1 Å². The van der Waals surface area contributed by atoms with E-state index in [0.29, 0.717) is 6.42 Å². The Morgan fingerprint density at radius 1 is 1.24 bits per heavy atom. The zero-order valence-electron chi connectivity index (χ0n) is 10.5. The summed E-state index contributed by atoms with van der Waals surface area (Å²) in [6.45, 7) is 6.10. The molecule has 2 rings (SSSR count). The summed E-state index contributed by atoms with van der Waals surface area (Å²) in [7, 11) is 0. The van der Waals surface area contributed by atoms with Gasteiger partial charge in [0.05, 0.1) is 18.1 Å². The van der Waals surface area contributed by atoms with E-state index in [9.17, 15) is 5.11 Å². The molecule has 0 spiro atoms. The molecule has 2 aromatic rings. The van der Waals surface area contributed by atoms with Crippen molar-refractivity contribution in [2.45, 2.75) is 33.3 Å². The lowest BCUT2D eigenvalue weighted by molar-refractivity contribution is 0.177. The highest BCUT2D eigenvalue weighted by atomic mass is 16.3. The van der Waals surface area contributed by atoms with Crippen LogP contribution in [0.5, 0.6) is 0 Å². The number of aliphatic hydroxyl groups excluding tert-OH is 1. The van der Waals surface area contributed by atoms with Crippen LogP contribution in [0.3, 0.4) is 0 Å². The van der Waals surface area contributed by atoms with Gasteiger partial charge in [0.25, 0.3) is 0 Å². The number of aliphatic hydroxyl groups is 1. The molecule has 1 aromatic heterocycles. The Kier molecular flexibility index (Phi) is 3.29. The highest BCUT2D eigenvalue weighted by Gasteiger charge is 2.12. The summed E-state index contributed by atoms with van der Waals surface area (Å²) in [5.41, 5.74) is 5.36. The first-order valence-corrected chi connectivity index (χ1v) is 5.82. The van der Waals surface area contributed by atoms with Crippen LogP contribution in [-0.4, -0.2) is 15.1 Å². The van der Waals surface area contributed by atoms with Gasteiger partial charge in [-0.1, -0.05) is 18.2 Å². The molecule has 0 radical (unpaired) electrons. The van der Waals surface area contributed by atoms with Crippen LogP contribution in [0.4, 0.5) is 0 Å². The highest BCUT2D eigenvalue weighted by molar-refractivity contribution is 5.31. The third-order valence-electron chi connectivity index (χ3n) is 3.24. The van der Waals surface area contributed by atoms with Gasteiger partial charge in [0, 0.05) is 12.1 Å². The second-order valence-corrected chi connectivity index (χ2v) is 4.54. The molecule has 17 heavy (non-hydrogen) atoms. The average molecular weight is 230 g/mol. The Hall–Kier alpha value is -1.61. The minimum Gasteiger partial charge on any atom is -0.388 e. The largest absolute Gasteiger partial charge is 0.388 e. The number of nitrogens with one attached hydrogen (secondary N) is 1. The molecule has 90 valence electrons. The smallest absolute Gasteiger partial charge is 0.0925 e. The zero-order chi connectivity index (χ0) is 12.4. The molecule has 0 saturated carbocycles. The summed E-state index contributed by atoms with van der Waals surface area (Å²) in [6, 6.07) is 6.07. The molecule has 0 aliphatic heterocycles. The fraction of sp³-hybridized carbons (Fsp3) is 0.357. The number of benzene rings is 1. The van der Waals surface area contributed by atoms with E-state index in [0.717, 1.165) is 17.0 Å². The number of imidazole rings is 1. The summed E-state index contributed by atoms with van der Waals surface area (Å²) < 4.78 is 0. The molecule has 0 amide bonds. The number of hydrogen-bond donors (Lipinski definition) is 2. The number of aromatic amines is 1. The Morgan fingerprint density at radius 3 is 2.59 bits per heavy atom. The second kappa shape index (κ2) is 4.72. The molecule has 0 bridgehead atoms. The Morgan fingerprint density at radius 2 is 2.00 bits per heavy atom. The zero-order valence-corrected chi connectivity index (χ0v) is 10.5. The van der Waals surface area contributed by atoms with Crippen molar-refractivity contribution in [2.75, 3.05) is 0 Å². The first kappa shape index (κ1) is 11.9. The van der Waals surface area contributed by atoms with Crippen LogP contribution >= 0.6 is 0 Å². The minimum atomic E-state index is -0.490. The van der Waals surface area contributed by atoms with Crippen LogP contribution in [0.2, 0.25) is 0 Å². The van der Waals surface area contributed by atoms with Crippen molar-refractivity contribution in [3.8, 4) is 0 Å². The molecule has 1 unspecified atom stereocenters. The maximum Gasteiger partial charge on any atom is 0.0925 e. The Balaban J connectivity index is 2.17. The summed E-state index contributed by atoms with van der Waals surface area (Å²) in [5, 5.41) is 10.2. The first-order chi connectivity index (χ1) is 8.08. The van der Waals surface area contributed by atoms with E-state index in [1.54, 1.807) is 6.33 Å². The van der Waals surface area contributed by atoms with Crippen molar-refractivity contribution in [2.24, 2.45) is 0 Å². The molecular formula is C14H18N2O. The fourth-order valence-electron chi connectivity index (χ4n) is 1.87. The van der Waals surface area contributed by atoms with Crippen LogP contribution in [0, 0.1) is 20.8 Å². The number of aromatic nitrogens is 2. The Bertz CT molecular complexity index is 517. The first-order valence-electron chi connectivity index (χ1n) is 5.82. The van der Waals surface area contributed by atoms with Crippen molar-refractivity contribution in [1.29, 1.82) is 0 Å². The lowest BCUT2D eigenvalue weighted by atomic mass is 10.00. The predicted octanol–water partition coefficient (Wildman–Crippen LogP) is 2.61. The van der Waals surface area contributed by atoms with Gasteiger partial charge in [0.2, 0.25) is 0 Å². The van der Waals surface area contributed by atoms with Crippen molar-refractivity contribution in [1.82, 2.24) is 9.97 Å². The van der Waals surface area contributed by atoms with Gasteiger partial charge in [-0.3, -0.25) is 0 Å². The summed E-state index contributed by atoms with van der Waals surface area (Å²) in [6.07, 6.45) is 1.73. The summed E-state index contributed by atoms with van der Waals surface area (Å²) in [5.74, 6) is 0. The molecule has 0 saturated heterocycles. The number of hydrogen-bond acceptors (Lipinski definition) is 2. The van der Waals surface area contributed by atoms with Crippen LogP contribution < -0.4 is 0 Å². The topological polar surface area (TPSA) is 48.9 Å². The van der Waals surface area contributed by atoms with Gasteiger partial charge < -0.3 is 10.1 Å². The normalized spacial score (nSPS) is 12.7. The highest BCUT2D eigenvalue weighted by Crippen LogP contribution is 2.20. The molecule has 3 nitrogen and oxygen atoms in total. The van der Waals surface area contributed by atoms with Crippen LogP contribution in [0.15, 0.2) is 24.5 Å². The molecule has 0 aliphatic carbocycles. The molecular weight excluding hydrogens is 212 g/mol. The Labute approximate surface area is 102 Å². The average Bonchev–Trinajstić information content (AvgIpc) is 2.68. The van der Waals surface area contributed by atoms with E-state index < -0.39 is 6.10 Å². The molecule has 1 heterocycles. The van der Waals surface area contributed by atoms with Crippen molar-refractivity contribution in [3.63, 3.8) is 0 Å². The van der Waals surface area contributed by atoms with Gasteiger partial charge in [-0.05, 0) is 37.5 Å². The third-order valence-corrected chi connectivity index (χ3v) is 3.24. The van der Waals surface area contributed by atoms with Gasteiger partial charge in [-0.2, -0.15) is 0 Å². The SMILES string of the molecule is Cc1ccc(C(O)Cc2nc[nH]c2C)cc1C. The van der Waals surface area contributed by atoms with Crippen LogP contribution in [0.1, 0.15) is 34.2 Å². The number of H-pyrrole nitrogens is 1. The van der Waals surface area contributed by atoms with E-state index in [1.807, 2.05) is 25.1 Å². The quantitative estimate of drug-likeness (QED) is 0.851. The molecule has 3 heteroatoms. The lowest BCUT2D eigenvalue weighted by Gasteiger charge is -2.12. The summed E-state index contributed by atoms with van der Waals surface area (Å²) >= 11 is 0. The molecule has 0 aliphatic rings. The van der Waals surface area contributed by atoms with E-state index in [2.05, 4.69) is 23.8 Å². The van der Waals surface area contributed by atoms with E-state index in [4.69, 9.17) is 0 Å². The third kappa shape index (κ3) is 2.56.